The van der Waals surface area contributed by atoms with E-state index in [1.54, 1.807) is 10.9 Å². The summed E-state index contributed by atoms with van der Waals surface area (Å²) in [5.41, 5.74) is 0.552. The highest BCUT2D eigenvalue weighted by Crippen LogP contribution is 2.24. The summed E-state index contributed by atoms with van der Waals surface area (Å²) in [6, 6.07) is 3.14. The van der Waals surface area contributed by atoms with Gasteiger partial charge < -0.3 is 9.67 Å². The summed E-state index contributed by atoms with van der Waals surface area (Å²) >= 11 is 0. The Morgan fingerprint density at radius 1 is 1.39 bits per heavy atom. The molecule has 0 bridgehead atoms. The highest BCUT2D eigenvalue weighted by molar-refractivity contribution is 5.27. The molecule has 1 heterocycles. The van der Waals surface area contributed by atoms with E-state index >= 15 is 0 Å². The van der Waals surface area contributed by atoms with Crippen LogP contribution in [0.15, 0.2) is 30.7 Å². The number of aliphatic hydroxyl groups is 1. The van der Waals surface area contributed by atoms with E-state index in [1.165, 1.54) is 12.3 Å². The molecule has 5 heteroatoms. The Labute approximate surface area is 104 Å². The topological polar surface area (TPSA) is 38.0 Å². The van der Waals surface area contributed by atoms with Gasteiger partial charge in [-0.15, -0.1) is 0 Å². The van der Waals surface area contributed by atoms with E-state index in [4.69, 9.17) is 0 Å². The van der Waals surface area contributed by atoms with Crippen molar-refractivity contribution in [3.05, 3.63) is 53.6 Å². The molecule has 0 aliphatic heterocycles. The van der Waals surface area contributed by atoms with Gasteiger partial charge in [0, 0.05) is 18.2 Å². The first-order chi connectivity index (χ1) is 8.63. The van der Waals surface area contributed by atoms with Crippen molar-refractivity contribution in [1.29, 1.82) is 0 Å². The van der Waals surface area contributed by atoms with Crippen LogP contribution in [0, 0.1) is 11.6 Å². The van der Waals surface area contributed by atoms with Crippen molar-refractivity contribution >= 4 is 0 Å². The number of hydrogen-bond donors (Lipinski definition) is 1. The molecule has 0 aliphatic carbocycles. The molecular formula is C13H14F2N2O. The Hall–Kier alpha value is -1.75. The van der Waals surface area contributed by atoms with Crippen LogP contribution in [0.1, 0.15) is 30.7 Å². The van der Waals surface area contributed by atoms with Gasteiger partial charge in [0.25, 0.3) is 0 Å². The Bertz CT molecular complexity index is 540. The number of aromatic nitrogens is 2. The van der Waals surface area contributed by atoms with Crippen molar-refractivity contribution < 1.29 is 13.9 Å². The van der Waals surface area contributed by atoms with E-state index in [0.29, 0.717) is 12.2 Å². The second kappa shape index (κ2) is 5.27. The maximum absolute atomic E-state index is 13.6. The highest BCUT2D eigenvalue weighted by Gasteiger charge is 2.18. The van der Waals surface area contributed by atoms with Gasteiger partial charge in [0.1, 0.15) is 17.7 Å². The molecule has 18 heavy (non-hydrogen) atoms. The molecule has 0 saturated heterocycles. The van der Waals surface area contributed by atoms with Gasteiger partial charge in [-0.3, -0.25) is 0 Å². The molecule has 1 N–H and O–H groups in total. The van der Waals surface area contributed by atoms with Crippen molar-refractivity contribution in [1.82, 2.24) is 9.55 Å². The van der Waals surface area contributed by atoms with Crippen LogP contribution in [-0.2, 0) is 6.54 Å². The first-order valence-corrected chi connectivity index (χ1v) is 5.76. The first kappa shape index (κ1) is 12.7. The largest absolute Gasteiger partial charge is 0.382 e. The molecule has 3 nitrogen and oxygen atoms in total. The zero-order chi connectivity index (χ0) is 13.1. The lowest BCUT2D eigenvalue weighted by Crippen LogP contribution is -2.09. The third-order valence-electron chi connectivity index (χ3n) is 2.75. The molecule has 0 amide bonds. The molecule has 0 fully saturated rings. The Kier molecular flexibility index (Phi) is 3.72. The SMILES string of the molecule is CCCn1cncc1C(O)c1ccc(F)cc1F. The summed E-state index contributed by atoms with van der Waals surface area (Å²) in [5.74, 6) is -1.42. The van der Waals surface area contributed by atoms with E-state index in [2.05, 4.69) is 4.98 Å². The minimum atomic E-state index is -1.14. The molecule has 2 aromatic rings. The lowest BCUT2D eigenvalue weighted by molar-refractivity contribution is 0.204. The van der Waals surface area contributed by atoms with Gasteiger partial charge in [-0.25, -0.2) is 13.8 Å². The fourth-order valence-corrected chi connectivity index (χ4v) is 1.87. The minimum absolute atomic E-state index is 0.0502. The van der Waals surface area contributed by atoms with Crippen LogP contribution in [0.3, 0.4) is 0 Å². The molecule has 1 atom stereocenters. The van der Waals surface area contributed by atoms with Gasteiger partial charge in [-0.2, -0.15) is 0 Å². The van der Waals surface area contributed by atoms with E-state index in [-0.39, 0.29) is 5.56 Å². The van der Waals surface area contributed by atoms with Crippen LogP contribution >= 0.6 is 0 Å². The van der Waals surface area contributed by atoms with Gasteiger partial charge >= 0.3 is 0 Å². The minimum Gasteiger partial charge on any atom is -0.382 e. The Morgan fingerprint density at radius 2 is 2.17 bits per heavy atom. The quantitative estimate of drug-likeness (QED) is 0.908. The van der Waals surface area contributed by atoms with Crippen molar-refractivity contribution in [2.45, 2.75) is 26.0 Å². The predicted octanol–water partition coefficient (Wildman–Crippen LogP) is 2.65. The maximum atomic E-state index is 13.6. The number of halogens is 2. The summed E-state index contributed by atoms with van der Waals surface area (Å²) in [6.07, 6.45) is 2.81. The van der Waals surface area contributed by atoms with Crippen LogP contribution in [0.5, 0.6) is 0 Å². The number of benzene rings is 1. The lowest BCUT2D eigenvalue weighted by Gasteiger charge is -2.14. The molecule has 1 aromatic heterocycles. The fraction of sp³-hybridized carbons (Fsp3) is 0.308. The molecule has 96 valence electrons. The van der Waals surface area contributed by atoms with E-state index in [1.807, 2.05) is 6.92 Å². The van der Waals surface area contributed by atoms with E-state index in [0.717, 1.165) is 18.6 Å². The van der Waals surface area contributed by atoms with Crippen LogP contribution in [0.2, 0.25) is 0 Å². The van der Waals surface area contributed by atoms with Gasteiger partial charge in [0.2, 0.25) is 0 Å². The van der Waals surface area contributed by atoms with E-state index < -0.39 is 17.7 Å². The fourth-order valence-electron chi connectivity index (χ4n) is 1.87. The van der Waals surface area contributed by atoms with Gasteiger partial charge in [0.15, 0.2) is 0 Å². The number of aryl methyl sites for hydroxylation is 1. The average molecular weight is 252 g/mol. The van der Waals surface area contributed by atoms with E-state index in [9.17, 15) is 13.9 Å². The molecular weight excluding hydrogens is 238 g/mol. The molecule has 0 aliphatic rings. The molecule has 0 spiro atoms. The number of nitrogens with zero attached hydrogens (tertiary/aromatic N) is 2. The predicted molar refractivity (Wildman–Crippen MR) is 62.9 cm³/mol. The Morgan fingerprint density at radius 3 is 2.83 bits per heavy atom. The molecule has 0 saturated carbocycles. The third-order valence-corrected chi connectivity index (χ3v) is 2.75. The summed E-state index contributed by atoms with van der Waals surface area (Å²) < 4.78 is 28.2. The number of aliphatic hydroxyl groups excluding tert-OH is 1. The summed E-state index contributed by atoms with van der Waals surface area (Å²) in [7, 11) is 0. The van der Waals surface area contributed by atoms with Crippen LogP contribution in [0.25, 0.3) is 0 Å². The van der Waals surface area contributed by atoms with Crippen molar-refractivity contribution in [2.24, 2.45) is 0 Å². The number of rotatable bonds is 4. The van der Waals surface area contributed by atoms with Crippen LogP contribution < -0.4 is 0 Å². The standard InChI is InChI=1S/C13H14F2N2O/c1-2-5-17-8-16-7-12(17)13(18)10-4-3-9(14)6-11(10)15/h3-4,6-8,13,18H,2,5H2,1H3. The van der Waals surface area contributed by atoms with Crippen molar-refractivity contribution in [3.8, 4) is 0 Å². The van der Waals surface area contributed by atoms with Crippen LogP contribution in [-0.4, -0.2) is 14.7 Å². The third kappa shape index (κ3) is 2.41. The van der Waals surface area contributed by atoms with Crippen molar-refractivity contribution in [2.75, 3.05) is 0 Å². The van der Waals surface area contributed by atoms with Gasteiger partial charge in [0.05, 0.1) is 18.2 Å². The first-order valence-electron chi connectivity index (χ1n) is 5.76. The van der Waals surface area contributed by atoms with Crippen molar-refractivity contribution in [3.63, 3.8) is 0 Å². The zero-order valence-corrected chi connectivity index (χ0v) is 9.98. The van der Waals surface area contributed by atoms with Gasteiger partial charge in [-0.05, 0) is 12.5 Å². The second-order valence-electron chi connectivity index (χ2n) is 4.08. The molecule has 2 rings (SSSR count). The summed E-state index contributed by atoms with van der Waals surface area (Å²) in [6.45, 7) is 2.68. The number of imidazole rings is 1. The second-order valence-corrected chi connectivity index (χ2v) is 4.08. The van der Waals surface area contributed by atoms with Crippen LogP contribution in [0.4, 0.5) is 8.78 Å². The smallest absolute Gasteiger partial charge is 0.132 e. The summed E-state index contributed by atoms with van der Waals surface area (Å²) in [4.78, 5) is 3.94. The summed E-state index contributed by atoms with van der Waals surface area (Å²) in [5, 5.41) is 10.1. The Balaban J connectivity index is 2.35. The molecule has 0 radical (unpaired) electrons. The normalized spacial score (nSPS) is 12.7. The lowest BCUT2D eigenvalue weighted by atomic mass is 10.1. The van der Waals surface area contributed by atoms with Gasteiger partial charge in [-0.1, -0.05) is 13.0 Å². The maximum Gasteiger partial charge on any atom is 0.132 e. The monoisotopic (exact) mass is 252 g/mol. The zero-order valence-electron chi connectivity index (χ0n) is 9.98. The molecule has 1 unspecified atom stereocenters. The molecule has 1 aromatic carbocycles. The highest BCUT2D eigenvalue weighted by atomic mass is 19.1. The average Bonchev–Trinajstić information content (AvgIpc) is 2.77. The number of hydrogen-bond acceptors (Lipinski definition) is 2.